The molecule has 108 valence electrons. The predicted molar refractivity (Wildman–Crippen MR) is 75.4 cm³/mol. The first-order chi connectivity index (χ1) is 9.13. The molecule has 0 bridgehead atoms. The van der Waals surface area contributed by atoms with Gasteiger partial charge in [0.2, 0.25) is 10.0 Å². The maximum atomic E-state index is 12.3. The zero-order valence-corrected chi connectivity index (χ0v) is 12.3. The fourth-order valence-electron chi connectivity index (χ4n) is 2.61. The van der Waals surface area contributed by atoms with Gasteiger partial charge in [0.05, 0.1) is 11.9 Å². The standard InChI is InChI=1S/C13H23N3O2S/c1-2-3-4-8-19(17,18)16-7-5-6-12(11-16)13-9-14-15-10-13/h9-10,12H,2-8,11H2,1H3,(H,14,15). The maximum absolute atomic E-state index is 12.3. The summed E-state index contributed by atoms with van der Waals surface area (Å²) in [5.41, 5.74) is 1.12. The number of rotatable bonds is 6. The van der Waals surface area contributed by atoms with Crippen LogP contribution < -0.4 is 0 Å². The van der Waals surface area contributed by atoms with Crippen LogP contribution in [0.2, 0.25) is 0 Å². The molecule has 1 N–H and O–H groups in total. The van der Waals surface area contributed by atoms with E-state index in [1.165, 1.54) is 0 Å². The number of hydrogen-bond acceptors (Lipinski definition) is 3. The average Bonchev–Trinajstić information content (AvgIpc) is 2.93. The topological polar surface area (TPSA) is 66.1 Å². The SMILES string of the molecule is CCCCCS(=O)(=O)N1CCCC(c2cn[nH]c2)C1. The highest BCUT2D eigenvalue weighted by atomic mass is 32.2. The van der Waals surface area contributed by atoms with E-state index < -0.39 is 10.0 Å². The number of nitrogens with one attached hydrogen (secondary N) is 1. The minimum Gasteiger partial charge on any atom is -0.285 e. The van der Waals surface area contributed by atoms with E-state index in [1.54, 1.807) is 10.5 Å². The number of aromatic nitrogens is 2. The molecule has 6 heteroatoms. The van der Waals surface area contributed by atoms with Crippen molar-refractivity contribution in [2.45, 2.75) is 44.9 Å². The van der Waals surface area contributed by atoms with Gasteiger partial charge in [-0.05, 0) is 24.8 Å². The van der Waals surface area contributed by atoms with Crippen LogP contribution in [0.1, 0.15) is 50.5 Å². The fourth-order valence-corrected chi connectivity index (χ4v) is 4.26. The average molecular weight is 285 g/mol. The molecule has 0 spiro atoms. The Bertz CT molecular complexity index is 470. The zero-order valence-electron chi connectivity index (χ0n) is 11.5. The van der Waals surface area contributed by atoms with E-state index in [4.69, 9.17) is 0 Å². The first-order valence-corrected chi connectivity index (χ1v) is 8.71. The van der Waals surface area contributed by atoms with Gasteiger partial charge in [0.25, 0.3) is 0 Å². The van der Waals surface area contributed by atoms with E-state index in [9.17, 15) is 8.42 Å². The third-order valence-corrected chi connectivity index (χ3v) is 5.70. The van der Waals surface area contributed by atoms with Crippen molar-refractivity contribution < 1.29 is 8.42 Å². The molecule has 0 aliphatic carbocycles. The Kier molecular flexibility index (Phi) is 4.99. The molecule has 1 aliphatic rings. The zero-order chi connectivity index (χ0) is 13.7. The van der Waals surface area contributed by atoms with Crippen LogP contribution in [0.25, 0.3) is 0 Å². The van der Waals surface area contributed by atoms with Gasteiger partial charge in [-0.15, -0.1) is 0 Å². The van der Waals surface area contributed by atoms with Crippen molar-refractivity contribution in [1.82, 2.24) is 14.5 Å². The van der Waals surface area contributed by atoms with E-state index >= 15 is 0 Å². The molecule has 19 heavy (non-hydrogen) atoms. The number of nitrogens with zero attached hydrogens (tertiary/aromatic N) is 2. The summed E-state index contributed by atoms with van der Waals surface area (Å²) in [7, 11) is -3.08. The lowest BCUT2D eigenvalue weighted by Crippen LogP contribution is -2.40. The monoisotopic (exact) mass is 285 g/mol. The van der Waals surface area contributed by atoms with Crippen molar-refractivity contribution in [2.75, 3.05) is 18.8 Å². The van der Waals surface area contributed by atoms with Gasteiger partial charge in [-0.25, -0.2) is 12.7 Å². The fraction of sp³-hybridized carbons (Fsp3) is 0.769. The lowest BCUT2D eigenvalue weighted by atomic mass is 9.94. The van der Waals surface area contributed by atoms with Crippen molar-refractivity contribution in [1.29, 1.82) is 0 Å². The molecule has 0 aromatic carbocycles. The molecule has 1 saturated heterocycles. The second-order valence-electron chi connectivity index (χ2n) is 5.25. The minimum atomic E-state index is -3.08. The van der Waals surface area contributed by atoms with E-state index in [1.807, 2.05) is 6.20 Å². The number of H-pyrrole nitrogens is 1. The van der Waals surface area contributed by atoms with Crippen molar-refractivity contribution in [3.63, 3.8) is 0 Å². The molecular formula is C13H23N3O2S. The number of hydrogen-bond donors (Lipinski definition) is 1. The molecule has 2 heterocycles. The van der Waals surface area contributed by atoms with Gasteiger partial charge in [0.15, 0.2) is 0 Å². The van der Waals surface area contributed by atoms with Gasteiger partial charge in [-0.2, -0.15) is 5.10 Å². The minimum absolute atomic E-state index is 0.286. The summed E-state index contributed by atoms with van der Waals surface area (Å²) >= 11 is 0. The van der Waals surface area contributed by atoms with Gasteiger partial charge < -0.3 is 0 Å². The van der Waals surface area contributed by atoms with Gasteiger partial charge in [-0.3, -0.25) is 5.10 Å². The van der Waals surface area contributed by atoms with Crippen LogP contribution in [0.15, 0.2) is 12.4 Å². The summed E-state index contributed by atoms with van der Waals surface area (Å²) in [6.07, 6.45) is 8.45. The van der Waals surface area contributed by atoms with Gasteiger partial charge in [0, 0.05) is 25.2 Å². The summed E-state index contributed by atoms with van der Waals surface area (Å²) in [4.78, 5) is 0. The van der Waals surface area contributed by atoms with Crippen LogP contribution in [-0.4, -0.2) is 41.8 Å². The molecule has 1 unspecified atom stereocenters. The number of piperidine rings is 1. The summed E-state index contributed by atoms with van der Waals surface area (Å²) in [5, 5.41) is 6.76. The van der Waals surface area contributed by atoms with Crippen LogP contribution in [0.5, 0.6) is 0 Å². The first-order valence-electron chi connectivity index (χ1n) is 7.10. The highest BCUT2D eigenvalue weighted by molar-refractivity contribution is 7.89. The predicted octanol–water partition coefficient (Wildman–Crippen LogP) is 2.11. The van der Waals surface area contributed by atoms with Crippen LogP contribution in [-0.2, 0) is 10.0 Å². The van der Waals surface area contributed by atoms with E-state index in [0.29, 0.717) is 18.8 Å². The number of sulfonamides is 1. The maximum Gasteiger partial charge on any atom is 0.214 e. The second kappa shape index (κ2) is 6.52. The van der Waals surface area contributed by atoms with Gasteiger partial charge in [0.1, 0.15) is 0 Å². The molecule has 1 aromatic rings. The smallest absolute Gasteiger partial charge is 0.214 e. The normalized spacial score (nSPS) is 21.6. The Balaban J connectivity index is 1.96. The largest absolute Gasteiger partial charge is 0.285 e. The molecular weight excluding hydrogens is 262 g/mol. The van der Waals surface area contributed by atoms with Crippen LogP contribution in [0, 0.1) is 0 Å². The Morgan fingerprint density at radius 2 is 2.32 bits per heavy atom. The molecule has 1 atom stereocenters. The van der Waals surface area contributed by atoms with Crippen LogP contribution in [0.3, 0.4) is 0 Å². The van der Waals surface area contributed by atoms with Crippen LogP contribution >= 0.6 is 0 Å². The quantitative estimate of drug-likeness (QED) is 0.814. The van der Waals surface area contributed by atoms with E-state index in [-0.39, 0.29) is 5.92 Å². The lowest BCUT2D eigenvalue weighted by molar-refractivity contribution is 0.315. The molecule has 1 aliphatic heterocycles. The number of aromatic amines is 1. The molecule has 0 radical (unpaired) electrons. The van der Waals surface area contributed by atoms with Crippen molar-refractivity contribution in [3.05, 3.63) is 18.0 Å². The Morgan fingerprint density at radius 1 is 1.47 bits per heavy atom. The summed E-state index contributed by atoms with van der Waals surface area (Å²) < 4.78 is 26.2. The Labute approximate surface area is 115 Å². The Morgan fingerprint density at radius 3 is 3.00 bits per heavy atom. The lowest BCUT2D eigenvalue weighted by Gasteiger charge is -2.31. The second-order valence-corrected chi connectivity index (χ2v) is 7.34. The summed E-state index contributed by atoms with van der Waals surface area (Å²) in [6.45, 7) is 3.36. The summed E-state index contributed by atoms with van der Waals surface area (Å²) in [5.74, 6) is 0.576. The molecule has 0 amide bonds. The van der Waals surface area contributed by atoms with E-state index in [2.05, 4.69) is 17.1 Å². The van der Waals surface area contributed by atoms with Gasteiger partial charge >= 0.3 is 0 Å². The third kappa shape index (κ3) is 3.79. The third-order valence-electron chi connectivity index (χ3n) is 3.77. The molecule has 5 nitrogen and oxygen atoms in total. The van der Waals surface area contributed by atoms with Crippen molar-refractivity contribution in [3.8, 4) is 0 Å². The Hall–Kier alpha value is -0.880. The number of unbranched alkanes of at least 4 members (excludes halogenated alkanes) is 2. The molecule has 1 fully saturated rings. The summed E-state index contributed by atoms with van der Waals surface area (Å²) in [6, 6.07) is 0. The molecule has 0 saturated carbocycles. The van der Waals surface area contributed by atoms with Crippen molar-refractivity contribution in [2.24, 2.45) is 0 Å². The molecule has 1 aromatic heterocycles. The van der Waals surface area contributed by atoms with Crippen LogP contribution in [0.4, 0.5) is 0 Å². The van der Waals surface area contributed by atoms with E-state index in [0.717, 1.165) is 37.7 Å². The van der Waals surface area contributed by atoms with Gasteiger partial charge in [-0.1, -0.05) is 19.8 Å². The highest BCUT2D eigenvalue weighted by Crippen LogP contribution is 2.27. The van der Waals surface area contributed by atoms with Crippen molar-refractivity contribution >= 4 is 10.0 Å². The highest BCUT2D eigenvalue weighted by Gasteiger charge is 2.29. The first kappa shape index (κ1) is 14.5. The molecule has 2 rings (SSSR count).